The third-order valence-electron chi connectivity index (χ3n) is 3.93. The molecule has 1 fully saturated rings. The summed E-state index contributed by atoms with van der Waals surface area (Å²) in [6.45, 7) is 7.35. The molecule has 25 heavy (non-hydrogen) atoms. The van der Waals surface area contributed by atoms with E-state index < -0.39 is 0 Å². The average molecular weight is 369 g/mol. The van der Waals surface area contributed by atoms with Gasteiger partial charge >= 0.3 is 6.03 Å². The first-order valence-corrected chi connectivity index (χ1v) is 9.75. The van der Waals surface area contributed by atoms with E-state index in [-0.39, 0.29) is 17.9 Å². The number of amides is 3. The Morgan fingerprint density at radius 1 is 1.48 bits per heavy atom. The fourth-order valence-corrected chi connectivity index (χ4v) is 3.20. The van der Waals surface area contributed by atoms with Crippen LogP contribution in [0.25, 0.3) is 0 Å². The van der Waals surface area contributed by atoms with Crippen LogP contribution in [0.1, 0.15) is 33.1 Å². The molecule has 2 rings (SSSR count). The Morgan fingerprint density at radius 3 is 3.04 bits per heavy atom. The van der Waals surface area contributed by atoms with Crippen LogP contribution in [-0.2, 0) is 9.53 Å². The van der Waals surface area contributed by atoms with Gasteiger partial charge in [-0.05, 0) is 25.2 Å². The van der Waals surface area contributed by atoms with Crippen molar-refractivity contribution in [1.29, 1.82) is 0 Å². The van der Waals surface area contributed by atoms with E-state index in [0.29, 0.717) is 37.3 Å². The van der Waals surface area contributed by atoms with E-state index in [0.717, 1.165) is 25.9 Å². The van der Waals surface area contributed by atoms with Gasteiger partial charge in [0, 0.05) is 44.4 Å². The summed E-state index contributed by atoms with van der Waals surface area (Å²) >= 11 is 1.39. The summed E-state index contributed by atoms with van der Waals surface area (Å²) in [5, 5.41) is 8.16. The lowest BCUT2D eigenvalue weighted by atomic mass is 9.97. The number of anilines is 1. The van der Waals surface area contributed by atoms with Crippen LogP contribution in [0.2, 0.25) is 0 Å². The van der Waals surface area contributed by atoms with Crippen LogP contribution in [0.4, 0.5) is 9.93 Å². The minimum Gasteiger partial charge on any atom is -0.381 e. The number of piperidine rings is 1. The fraction of sp³-hybridized carbons (Fsp3) is 0.706. The molecule has 1 saturated heterocycles. The minimum atomic E-state index is -0.183. The number of thiazole rings is 1. The first kappa shape index (κ1) is 19.7. The van der Waals surface area contributed by atoms with Crippen LogP contribution in [-0.4, -0.2) is 54.7 Å². The number of nitrogens with zero attached hydrogens (tertiary/aromatic N) is 2. The molecule has 2 heterocycles. The molecule has 8 heteroatoms. The second-order valence-corrected chi connectivity index (χ2v) is 7.56. The maximum absolute atomic E-state index is 12.3. The molecule has 0 saturated carbocycles. The number of likely N-dealkylation sites (tertiary alicyclic amines) is 1. The number of rotatable bonds is 8. The van der Waals surface area contributed by atoms with Gasteiger partial charge in [0.2, 0.25) is 5.91 Å². The fourth-order valence-electron chi connectivity index (χ4n) is 2.67. The highest BCUT2D eigenvalue weighted by Crippen LogP contribution is 2.19. The van der Waals surface area contributed by atoms with Crippen LogP contribution in [0.15, 0.2) is 11.6 Å². The highest BCUT2D eigenvalue weighted by Gasteiger charge is 2.28. The molecule has 2 N–H and O–H groups in total. The molecule has 1 aromatic rings. The van der Waals surface area contributed by atoms with Gasteiger partial charge in [-0.2, -0.15) is 0 Å². The Labute approximate surface area is 153 Å². The smallest absolute Gasteiger partial charge is 0.317 e. The number of carbonyl (C=O) groups excluding carboxylic acids is 2. The van der Waals surface area contributed by atoms with Crippen molar-refractivity contribution in [1.82, 2.24) is 15.2 Å². The largest absolute Gasteiger partial charge is 0.381 e. The number of carbonyl (C=O) groups is 2. The number of nitrogens with one attached hydrogen (secondary N) is 2. The first-order chi connectivity index (χ1) is 12.1. The summed E-state index contributed by atoms with van der Waals surface area (Å²) < 4.78 is 5.50. The summed E-state index contributed by atoms with van der Waals surface area (Å²) in [6, 6.07) is -0.101. The molecule has 140 valence electrons. The van der Waals surface area contributed by atoms with E-state index in [2.05, 4.69) is 29.5 Å². The quantitative estimate of drug-likeness (QED) is 0.691. The van der Waals surface area contributed by atoms with Crippen molar-refractivity contribution in [3.8, 4) is 0 Å². The van der Waals surface area contributed by atoms with Crippen molar-refractivity contribution in [3.63, 3.8) is 0 Å². The van der Waals surface area contributed by atoms with Crippen molar-refractivity contribution in [2.75, 3.05) is 38.2 Å². The maximum Gasteiger partial charge on any atom is 0.317 e. The van der Waals surface area contributed by atoms with Gasteiger partial charge in [-0.25, -0.2) is 9.78 Å². The number of ether oxygens (including phenoxy) is 1. The zero-order valence-electron chi connectivity index (χ0n) is 15.0. The van der Waals surface area contributed by atoms with Gasteiger partial charge in [0.25, 0.3) is 0 Å². The summed E-state index contributed by atoms with van der Waals surface area (Å²) in [7, 11) is 0. The maximum atomic E-state index is 12.3. The second-order valence-electron chi connectivity index (χ2n) is 6.67. The number of urea groups is 1. The Morgan fingerprint density at radius 2 is 2.32 bits per heavy atom. The van der Waals surface area contributed by atoms with E-state index in [1.807, 2.05) is 5.38 Å². The summed E-state index contributed by atoms with van der Waals surface area (Å²) in [6.07, 6.45) is 4.08. The molecule has 1 unspecified atom stereocenters. The Bertz CT molecular complexity index is 536. The molecule has 0 aromatic carbocycles. The third-order valence-corrected chi connectivity index (χ3v) is 4.62. The monoisotopic (exact) mass is 368 g/mol. The Balaban J connectivity index is 1.67. The van der Waals surface area contributed by atoms with Gasteiger partial charge in [0.1, 0.15) is 0 Å². The van der Waals surface area contributed by atoms with E-state index in [9.17, 15) is 9.59 Å². The van der Waals surface area contributed by atoms with Crippen LogP contribution < -0.4 is 10.6 Å². The highest BCUT2D eigenvalue weighted by molar-refractivity contribution is 7.13. The molecule has 1 aliphatic rings. The summed E-state index contributed by atoms with van der Waals surface area (Å²) in [5.41, 5.74) is 0. The second kappa shape index (κ2) is 10.4. The predicted octanol–water partition coefficient (Wildman–Crippen LogP) is 2.57. The van der Waals surface area contributed by atoms with Crippen molar-refractivity contribution in [2.24, 2.45) is 11.8 Å². The molecular formula is C17H28N4O3S. The van der Waals surface area contributed by atoms with Gasteiger partial charge in [-0.1, -0.05) is 13.8 Å². The number of hydrogen-bond donors (Lipinski definition) is 2. The standard InChI is InChI=1S/C17H28N4O3S/c1-13(2)12-24-9-4-6-19-17(23)21-8-3-5-14(11-21)15(22)20-16-18-7-10-25-16/h7,10,13-14H,3-6,8-9,11-12H2,1-2H3,(H,19,23)(H,18,20,22). The zero-order chi connectivity index (χ0) is 18.1. The van der Waals surface area contributed by atoms with Gasteiger partial charge in [0.15, 0.2) is 5.13 Å². The molecule has 3 amide bonds. The number of aromatic nitrogens is 1. The molecule has 1 aliphatic heterocycles. The summed E-state index contributed by atoms with van der Waals surface area (Å²) in [5.74, 6) is 0.280. The van der Waals surface area contributed by atoms with Crippen LogP contribution in [0.3, 0.4) is 0 Å². The average Bonchev–Trinajstić information content (AvgIpc) is 3.10. The lowest BCUT2D eigenvalue weighted by Crippen LogP contribution is -2.48. The van der Waals surface area contributed by atoms with E-state index in [1.165, 1.54) is 11.3 Å². The van der Waals surface area contributed by atoms with Gasteiger partial charge < -0.3 is 20.3 Å². The number of hydrogen-bond acceptors (Lipinski definition) is 5. The van der Waals surface area contributed by atoms with Crippen molar-refractivity contribution in [2.45, 2.75) is 33.1 Å². The van der Waals surface area contributed by atoms with Gasteiger partial charge in [-0.15, -0.1) is 11.3 Å². The SMILES string of the molecule is CC(C)COCCCNC(=O)N1CCCC(C(=O)Nc2nccs2)C1. The normalized spacial score (nSPS) is 17.6. The minimum absolute atomic E-state index is 0.0606. The van der Waals surface area contributed by atoms with E-state index in [1.54, 1.807) is 11.1 Å². The molecule has 7 nitrogen and oxygen atoms in total. The van der Waals surface area contributed by atoms with E-state index >= 15 is 0 Å². The first-order valence-electron chi connectivity index (χ1n) is 8.87. The van der Waals surface area contributed by atoms with Crippen molar-refractivity contribution < 1.29 is 14.3 Å². The van der Waals surface area contributed by atoms with Gasteiger partial charge in [-0.3, -0.25) is 4.79 Å². The molecule has 0 spiro atoms. The van der Waals surface area contributed by atoms with Crippen LogP contribution in [0.5, 0.6) is 0 Å². The predicted molar refractivity (Wildman–Crippen MR) is 98.7 cm³/mol. The molecule has 0 radical (unpaired) electrons. The van der Waals surface area contributed by atoms with Crippen molar-refractivity contribution >= 4 is 28.4 Å². The molecule has 1 aromatic heterocycles. The molecule has 0 aliphatic carbocycles. The van der Waals surface area contributed by atoms with E-state index in [4.69, 9.17) is 4.74 Å². The lowest BCUT2D eigenvalue weighted by Gasteiger charge is -2.31. The zero-order valence-corrected chi connectivity index (χ0v) is 15.8. The highest BCUT2D eigenvalue weighted by atomic mass is 32.1. The van der Waals surface area contributed by atoms with Crippen molar-refractivity contribution in [3.05, 3.63) is 11.6 Å². The molecule has 1 atom stereocenters. The van der Waals surface area contributed by atoms with Crippen LogP contribution in [0, 0.1) is 11.8 Å². The topological polar surface area (TPSA) is 83.6 Å². The molecule has 0 bridgehead atoms. The lowest BCUT2D eigenvalue weighted by molar-refractivity contribution is -0.121. The van der Waals surface area contributed by atoms with Crippen LogP contribution >= 0.6 is 11.3 Å². The molecular weight excluding hydrogens is 340 g/mol. The summed E-state index contributed by atoms with van der Waals surface area (Å²) in [4.78, 5) is 30.3. The Hall–Kier alpha value is -1.67. The van der Waals surface area contributed by atoms with Gasteiger partial charge in [0.05, 0.1) is 5.92 Å². The Kier molecular flexibility index (Phi) is 8.14. The third kappa shape index (κ3) is 6.99.